The fourth-order valence-electron chi connectivity index (χ4n) is 3.01. The predicted octanol–water partition coefficient (Wildman–Crippen LogP) is 2.67. The van der Waals surface area contributed by atoms with Crippen molar-refractivity contribution in [3.05, 3.63) is 57.2 Å². The van der Waals surface area contributed by atoms with Crippen LogP contribution in [0.4, 0.5) is 0 Å². The van der Waals surface area contributed by atoms with Gasteiger partial charge in [-0.3, -0.25) is 4.79 Å². The summed E-state index contributed by atoms with van der Waals surface area (Å²) in [6.07, 6.45) is 2.34. The lowest BCUT2D eigenvalue weighted by molar-refractivity contribution is 0.0605. The van der Waals surface area contributed by atoms with Crippen molar-refractivity contribution >= 4 is 38.6 Å². The third-order valence-electron chi connectivity index (χ3n) is 4.34. The Morgan fingerprint density at radius 1 is 1.35 bits per heavy atom. The maximum Gasteiger partial charge on any atom is 0.348 e. The van der Waals surface area contributed by atoms with Gasteiger partial charge in [0.1, 0.15) is 15.5 Å². The van der Waals surface area contributed by atoms with E-state index < -0.39 is 5.97 Å². The minimum atomic E-state index is -0.448. The number of esters is 1. The van der Waals surface area contributed by atoms with Crippen LogP contribution >= 0.6 is 11.3 Å². The molecule has 0 aliphatic rings. The first kappa shape index (κ1) is 16.5. The molecule has 4 rings (SSSR count). The average Bonchev–Trinajstić information content (AvgIpc) is 3.21. The van der Waals surface area contributed by atoms with Gasteiger partial charge in [-0.1, -0.05) is 12.1 Å². The van der Waals surface area contributed by atoms with E-state index >= 15 is 0 Å². The van der Waals surface area contributed by atoms with Crippen LogP contribution in [0.5, 0.6) is 0 Å². The zero-order valence-electron chi connectivity index (χ0n) is 14.3. The van der Waals surface area contributed by atoms with Gasteiger partial charge >= 0.3 is 5.97 Å². The summed E-state index contributed by atoms with van der Waals surface area (Å²) in [4.78, 5) is 37.0. The molecule has 0 atom stereocenters. The SMILES string of the molecule is COC(=O)c1sc2nc(CCn3cnc4ccccc43)[nH]c(=O)c2c1C. The maximum atomic E-state index is 12.5. The minimum Gasteiger partial charge on any atom is -0.465 e. The second-order valence-electron chi connectivity index (χ2n) is 5.92. The highest BCUT2D eigenvalue weighted by atomic mass is 32.1. The first-order chi connectivity index (χ1) is 12.6. The van der Waals surface area contributed by atoms with Gasteiger partial charge in [-0.25, -0.2) is 14.8 Å². The molecule has 0 amide bonds. The molecular weight excluding hydrogens is 352 g/mol. The number of aryl methyl sites for hydroxylation is 3. The molecule has 3 heterocycles. The van der Waals surface area contributed by atoms with E-state index in [0.29, 0.717) is 39.4 Å². The summed E-state index contributed by atoms with van der Waals surface area (Å²) in [6.45, 7) is 2.38. The number of nitrogens with one attached hydrogen (secondary N) is 1. The van der Waals surface area contributed by atoms with Crippen LogP contribution in [0, 0.1) is 6.92 Å². The van der Waals surface area contributed by atoms with Crippen LogP contribution in [-0.4, -0.2) is 32.6 Å². The second kappa shape index (κ2) is 6.38. The summed E-state index contributed by atoms with van der Waals surface area (Å²) in [5, 5.41) is 0.451. The van der Waals surface area contributed by atoms with Gasteiger partial charge in [-0.15, -0.1) is 11.3 Å². The number of carbonyl (C=O) groups excluding carboxylic acids is 1. The topological polar surface area (TPSA) is 89.9 Å². The molecule has 1 N–H and O–H groups in total. The molecule has 0 spiro atoms. The number of thiophene rings is 1. The molecule has 26 heavy (non-hydrogen) atoms. The van der Waals surface area contributed by atoms with Crippen molar-refractivity contribution in [3.8, 4) is 0 Å². The van der Waals surface area contributed by atoms with Gasteiger partial charge in [0.05, 0.1) is 29.9 Å². The van der Waals surface area contributed by atoms with E-state index in [4.69, 9.17) is 4.74 Å². The predicted molar refractivity (Wildman–Crippen MR) is 99.8 cm³/mol. The largest absolute Gasteiger partial charge is 0.465 e. The van der Waals surface area contributed by atoms with Gasteiger partial charge in [-0.05, 0) is 24.6 Å². The summed E-state index contributed by atoms with van der Waals surface area (Å²) in [5.41, 5.74) is 2.35. The first-order valence-corrected chi connectivity index (χ1v) is 8.90. The number of benzene rings is 1. The van der Waals surface area contributed by atoms with Crippen LogP contribution in [0.25, 0.3) is 21.3 Å². The number of hydrogen-bond acceptors (Lipinski definition) is 6. The van der Waals surface area contributed by atoms with E-state index in [1.165, 1.54) is 18.4 Å². The molecule has 0 bridgehead atoms. The van der Waals surface area contributed by atoms with Gasteiger partial charge in [0.25, 0.3) is 5.56 Å². The third kappa shape index (κ3) is 2.68. The normalized spacial score (nSPS) is 11.3. The number of H-pyrrole nitrogens is 1. The molecule has 7 nitrogen and oxygen atoms in total. The zero-order valence-corrected chi connectivity index (χ0v) is 15.1. The van der Waals surface area contributed by atoms with Crippen molar-refractivity contribution in [3.63, 3.8) is 0 Å². The number of ether oxygens (including phenoxy) is 1. The highest BCUT2D eigenvalue weighted by Gasteiger charge is 2.19. The molecule has 132 valence electrons. The number of aromatic amines is 1. The number of para-hydroxylation sites is 2. The number of methoxy groups -OCH3 is 1. The Balaban J connectivity index is 1.67. The lowest BCUT2D eigenvalue weighted by atomic mass is 10.2. The fourth-order valence-corrected chi connectivity index (χ4v) is 4.13. The molecule has 0 saturated carbocycles. The smallest absolute Gasteiger partial charge is 0.348 e. The van der Waals surface area contributed by atoms with Crippen molar-refractivity contribution < 1.29 is 9.53 Å². The van der Waals surface area contributed by atoms with Crippen LogP contribution in [-0.2, 0) is 17.7 Å². The standard InChI is InChI=1S/C18H16N4O3S/c1-10-14-16(23)20-13(21-17(14)26-15(10)18(24)25-2)7-8-22-9-19-11-5-3-4-6-12(11)22/h3-6,9H,7-8H2,1-2H3,(H,20,21,23). The van der Waals surface area contributed by atoms with E-state index in [0.717, 1.165) is 11.0 Å². The number of nitrogens with zero attached hydrogens (tertiary/aromatic N) is 3. The number of carbonyl (C=O) groups is 1. The molecule has 0 unspecified atom stereocenters. The summed E-state index contributed by atoms with van der Waals surface area (Å²) in [5.74, 6) is 0.134. The van der Waals surface area contributed by atoms with Gasteiger partial charge in [0.2, 0.25) is 0 Å². The van der Waals surface area contributed by atoms with E-state index in [2.05, 4.69) is 15.0 Å². The molecule has 3 aromatic heterocycles. The van der Waals surface area contributed by atoms with E-state index in [1.807, 2.05) is 28.8 Å². The molecular formula is C18H16N4O3S. The quantitative estimate of drug-likeness (QED) is 0.559. The summed E-state index contributed by atoms with van der Waals surface area (Å²) in [6, 6.07) is 7.88. The molecule has 8 heteroatoms. The van der Waals surface area contributed by atoms with Crippen molar-refractivity contribution in [2.45, 2.75) is 19.9 Å². The monoisotopic (exact) mass is 368 g/mol. The Morgan fingerprint density at radius 2 is 2.15 bits per heavy atom. The van der Waals surface area contributed by atoms with Crippen LogP contribution in [0.15, 0.2) is 35.4 Å². The van der Waals surface area contributed by atoms with Crippen molar-refractivity contribution in [1.82, 2.24) is 19.5 Å². The highest BCUT2D eigenvalue weighted by molar-refractivity contribution is 7.20. The molecule has 0 fully saturated rings. The molecule has 0 aliphatic carbocycles. The number of fused-ring (bicyclic) bond motifs is 2. The molecule has 1 aromatic carbocycles. The third-order valence-corrected chi connectivity index (χ3v) is 5.50. The molecule has 0 radical (unpaired) electrons. The van der Waals surface area contributed by atoms with Gasteiger partial charge in [0, 0.05) is 13.0 Å². The van der Waals surface area contributed by atoms with Crippen molar-refractivity contribution in [2.75, 3.05) is 7.11 Å². The number of aromatic nitrogens is 4. The number of hydrogen-bond donors (Lipinski definition) is 1. The Hall–Kier alpha value is -3.00. The Morgan fingerprint density at radius 3 is 2.96 bits per heavy atom. The van der Waals surface area contributed by atoms with E-state index in [-0.39, 0.29) is 5.56 Å². The first-order valence-electron chi connectivity index (χ1n) is 8.09. The Bertz CT molecular complexity index is 1190. The van der Waals surface area contributed by atoms with Crippen LogP contribution in [0.2, 0.25) is 0 Å². The fraction of sp³-hybridized carbons (Fsp3) is 0.222. The van der Waals surface area contributed by atoms with Crippen LogP contribution in [0.3, 0.4) is 0 Å². The minimum absolute atomic E-state index is 0.232. The van der Waals surface area contributed by atoms with Gasteiger partial charge < -0.3 is 14.3 Å². The van der Waals surface area contributed by atoms with Crippen molar-refractivity contribution in [2.24, 2.45) is 0 Å². The van der Waals surface area contributed by atoms with Crippen LogP contribution < -0.4 is 5.56 Å². The van der Waals surface area contributed by atoms with Crippen LogP contribution in [0.1, 0.15) is 21.1 Å². The average molecular weight is 368 g/mol. The molecule has 4 aromatic rings. The second-order valence-corrected chi connectivity index (χ2v) is 6.92. The Kier molecular flexibility index (Phi) is 4.04. The van der Waals surface area contributed by atoms with Gasteiger partial charge in [-0.2, -0.15) is 0 Å². The van der Waals surface area contributed by atoms with Gasteiger partial charge in [0.15, 0.2) is 0 Å². The summed E-state index contributed by atoms with van der Waals surface area (Å²) < 4.78 is 6.80. The highest BCUT2D eigenvalue weighted by Crippen LogP contribution is 2.27. The molecule has 0 aliphatic heterocycles. The van der Waals surface area contributed by atoms with E-state index in [9.17, 15) is 9.59 Å². The summed E-state index contributed by atoms with van der Waals surface area (Å²) in [7, 11) is 1.32. The lowest BCUT2D eigenvalue weighted by Gasteiger charge is -2.04. The zero-order chi connectivity index (χ0) is 18.3. The lowest BCUT2D eigenvalue weighted by Crippen LogP contribution is -2.13. The Labute approximate surface area is 152 Å². The maximum absolute atomic E-state index is 12.5. The molecule has 0 saturated heterocycles. The van der Waals surface area contributed by atoms with E-state index in [1.54, 1.807) is 13.3 Å². The van der Waals surface area contributed by atoms with Crippen molar-refractivity contribution in [1.29, 1.82) is 0 Å². The number of rotatable bonds is 4. The summed E-state index contributed by atoms with van der Waals surface area (Å²) >= 11 is 1.19. The number of imidazole rings is 1.